The first-order valence-electron chi connectivity index (χ1n) is 6.35. The number of hydrogen-bond donors (Lipinski definition) is 2. The van der Waals surface area contributed by atoms with Crippen LogP contribution in [0.3, 0.4) is 0 Å². The molecule has 1 saturated heterocycles. The lowest BCUT2D eigenvalue weighted by Crippen LogP contribution is -2.46. The monoisotopic (exact) mass is 316 g/mol. The summed E-state index contributed by atoms with van der Waals surface area (Å²) in [5.41, 5.74) is 1.54. The quantitative estimate of drug-likeness (QED) is 0.883. The molecular weight excluding hydrogens is 300 g/mol. The van der Waals surface area contributed by atoms with Crippen molar-refractivity contribution in [2.75, 3.05) is 23.4 Å². The van der Waals surface area contributed by atoms with E-state index in [0.717, 1.165) is 5.56 Å². The zero-order valence-corrected chi connectivity index (χ0v) is 12.7. The highest BCUT2D eigenvalue weighted by atomic mass is 35.5. The van der Waals surface area contributed by atoms with Gasteiger partial charge in [-0.1, -0.05) is 17.7 Å². The molecule has 1 amide bonds. The Hall–Kier alpha value is -1.11. The SMILES string of the molecule is Cc1ccc(Cl)c(NC(=O)CC2CS(=O)(=O)CCN2)c1. The number of rotatable bonds is 3. The number of nitrogens with one attached hydrogen (secondary N) is 2. The van der Waals surface area contributed by atoms with E-state index in [2.05, 4.69) is 10.6 Å². The minimum atomic E-state index is -3.03. The van der Waals surface area contributed by atoms with Crippen LogP contribution in [-0.4, -0.2) is 38.4 Å². The van der Waals surface area contributed by atoms with Gasteiger partial charge in [0.25, 0.3) is 0 Å². The second-order valence-electron chi connectivity index (χ2n) is 5.00. The molecule has 1 aromatic rings. The number of sulfone groups is 1. The lowest BCUT2D eigenvalue weighted by atomic mass is 10.2. The fourth-order valence-electron chi connectivity index (χ4n) is 2.16. The number of amides is 1. The van der Waals surface area contributed by atoms with Crippen LogP contribution in [0.15, 0.2) is 18.2 Å². The highest BCUT2D eigenvalue weighted by Gasteiger charge is 2.26. The maximum atomic E-state index is 12.0. The first kappa shape index (κ1) is 15.3. The molecule has 1 unspecified atom stereocenters. The van der Waals surface area contributed by atoms with Gasteiger partial charge in [0.15, 0.2) is 9.84 Å². The Bertz CT molecular complexity index is 616. The summed E-state index contributed by atoms with van der Waals surface area (Å²) in [4.78, 5) is 12.0. The van der Waals surface area contributed by atoms with Crippen LogP contribution in [0.1, 0.15) is 12.0 Å². The maximum Gasteiger partial charge on any atom is 0.226 e. The lowest BCUT2D eigenvalue weighted by Gasteiger charge is -2.23. The van der Waals surface area contributed by atoms with Gasteiger partial charge in [-0.2, -0.15) is 0 Å². The minimum absolute atomic E-state index is 0.00195. The molecule has 0 spiro atoms. The van der Waals surface area contributed by atoms with Crippen molar-refractivity contribution < 1.29 is 13.2 Å². The Morgan fingerprint density at radius 2 is 2.25 bits per heavy atom. The normalized spacial score (nSPS) is 21.4. The van der Waals surface area contributed by atoms with E-state index in [1.54, 1.807) is 12.1 Å². The van der Waals surface area contributed by atoms with Crippen LogP contribution < -0.4 is 10.6 Å². The zero-order chi connectivity index (χ0) is 14.8. The average Bonchev–Trinajstić information content (AvgIpc) is 2.32. The van der Waals surface area contributed by atoms with Gasteiger partial charge in [-0.15, -0.1) is 0 Å². The van der Waals surface area contributed by atoms with Crippen LogP contribution in [0.5, 0.6) is 0 Å². The summed E-state index contributed by atoms with van der Waals surface area (Å²) < 4.78 is 23.0. The molecule has 1 fully saturated rings. The van der Waals surface area contributed by atoms with Crippen LogP contribution in [0.25, 0.3) is 0 Å². The van der Waals surface area contributed by atoms with Crippen LogP contribution in [0, 0.1) is 6.92 Å². The molecule has 1 aromatic carbocycles. The van der Waals surface area contributed by atoms with Gasteiger partial charge in [0, 0.05) is 19.0 Å². The first-order valence-corrected chi connectivity index (χ1v) is 8.55. The number of carbonyl (C=O) groups is 1. The molecule has 1 aliphatic heterocycles. The molecule has 2 rings (SSSR count). The fourth-order valence-corrected chi connectivity index (χ4v) is 3.77. The Balaban J connectivity index is 1.97. The van der Waals surface area contributed by atoms with Crippen LogP contribution >= 0.6 is 11.6 Å². The molecular formula is C13H17ClN2O3S. The van der Waals surface area contributed by atoms with Crippen molar-refractivity contribution in [3.05, 3.63) is 28.8 Å². The number of hydrogen-bond acceptors (Lipinski definition) is 4. The molecule has 1 heterocycles. The van der Waals surface area contributed by atoms with Crippen molar-refractivity contribution in [2.45, 2.75) is 19.4 Å². The molecule has 1 atom stereocenters. The van der Waals surface area contributed by atoms with E-state index >= 15 is 0 Å². The maximum absolute atomic E-state index is 12.0. The van der Waals surface area contributed by atoms with Crippen molar-refractivity contribution in [3.8, 4) is 0 Å². The second-order valence-corrected chi connectivity index (χ2v) is 7.64. The van der Waals surface area contributed by atoms with Crippen LogP contribution in [0.4, 0.5) is 5.69 Å². The number of aryl methyl sites for hydroxylation is 1. The summed E-state index contributed by atoms with van der Waals surface area (Å²) in [5, 5.41) is 6.23. The number of benzene rings is 1. The molecule has 0 bridgehead atoms. The van der Waals surface area contributed by atoms with E-state index in [0.29, 0.717) is 17.3 Å². The molecule has 1 aliphatic rings. The molecule has 0 radical (unpaired) electrons. The predicted octanol–water partition coefficient (Wildman–Crippen LogP) is 1.36. The smallest absolute Gasteiger partial charge is 0.226 e. The zero-order valence-electron chi connectivity index (χ0n) is 11.1. The topological polar surface area (TPSA) is 75.3 Å². The van der Waals surface area contributed by atoms with E-state index in [1.807, 2.05) is 13.0 Å². The summed E-state index contributed by atoms with van der Waals surface area (Å²) >= 11 is 6.00. The summed E-state index contributed by atoms with van der Waals surface area (Å²) in [6.45, 7) is 2.30. The molecule has 7 heteroatoms. The van der Waals surface area contributed by atoms with Crippen LogP contribution in [-0.2, 0) is 14.6 Å². The predicted molar refractivity (Wildman–Crippen MR) is 79.9 cm³/mol. The molecule has 110 valence electrons. The van der Waals surface area contributed by atoms with Gasteiger partial charge in [-0.3, -0.25) is 4.79 Å². The van der Waals surface area contributed by atoms with E-state index in [9.17, 15) is 13.2 Å². The third kappa shape index (κ3) is 4.19. The van der Waals surface area contributed by atoms with Crippen molar-refractivity contribution in [1.29, 1.82) is 0 Å². The average molecular weight is 317 g/mol. The number of anilines is 1. The van der Waals surface area contributed by atoms with Gasteiger partial charge < -0.3 is 10.6 Å². The Morgan fingerprint density at radius 1 is 1.50 bits per heavy atom. The summed E-state index contributed by atoms with van der Waals surface area (Å²) in [5.74, 6) is -0.108. The number of halogens is 1. The summed E-state index contributed by atoms with van der Waals surface area (Å²) in [6.07, 6.45) is 0.115. The molecule has 0 aliphatic carbocycles. The van der Waals surface area contributed by atoms with Gasteiger partial charge in [-0.25, -0.2) is 8.42 Å². The third-order valence-electron chi connectivity index (χ3n) is 3.13. The second kappa shape index (κ2) is 6.11. The van der Waals surface area contributed by atoms with Crippen molar-refractivity contribution >= 4 is 33.0 Å². The third-order valence-corrected chi connectivity index (χ3v) is 5.19. The van der Waals surface area contributed by atoms with E-state index in [-0.39, 0.29) is 29.9 Å². The van der Waals surface area contributed by atoms with E-state index in [1.165, 1.54) is 0 Å². The Kier molecular flexibility index (Phi) is 4.67. The standard InChI is InChI=1S/C13H17ClN2O3S/c1-9-2-3-11(14)12(6-9)16-13(17)7-10-8-20(18,19)5-4-15-10/h2-3,6,10,15H,4-5,7-8H2,1H3,(H,16,17). The first-order chi connectivity index (χ1) is 9.35. The lowest BCUT2D eigenvalue weighted by molar-refractivity contribution is -0.116. The van der Waals surface area contributed by atoms with Crippen molar-refractivity contribution in [2.24, 2.45) is 0 Å². The largest absolute Gasteiger partial charge is 0.325 e. The fraction of sp³-hybridized carbons (Fsp3) is 0.462. The van der Waals surface area contributed by atoms with E-state index < -0.39 is 9.84 Å². The van der Waals surface area contributed by atoms with Gasteiger partial charge in [0.1, 0.15) is 0 Å². The Labute approximate surface area is 123 Å². The highest BCUT2D eigenvalue weighted by Crippen LogP contribution is 2.23. The van der Waals surface area contributed by atoms with Gasteiger partial charge >= 0.3 is 0 Å². The summed E-state index contributed by atoms with van der Waals surface area (Å²) in [6, 6.07) is 5.02. The molecule has 0 aromatic heterocycles. The van der Waals surface area contributed by atoms with Gasteiger partial charge in [0.05, 0.1) is 22.2 Å². The van der Waals surface area contributed by atoms with Crippen LogP contribution in [0.2, 0.25) is 5.02 Å². The molecule has 2 N–H and O–H groups in total. The molecule has 0 saturated carbocycles. The Morgan fingerprint density at radius 3 is 2.95 bits per heavy atom. The molecule has 5 nitrogen and oxygen atoms in total. The van der Waals surface area contributed by atoms with Gasteiger partial charge in [-0.05, 0) is 24.6 Å². The van der Waals surface area contributed by atoms with E-state index in [4.69, 9.17) is 11.6 Å². The highest BCUT2D eigenvalue weighted by molar-refractivity contribution is 7.91. The minimum Gasteiger partial charge on any atom is -0.325 e. The summed E-state index contributed by atoms with van der Waals surface area (Å²) in [7, 11) is -3.03. The van der Waals surface area contributed by atoms with Crippen molar-refractivity contribution in [1.82, 2.24) is 5.32 Å². The number of carbonyl (C=O) groups excluding carboxylic acids is 1. The molecule has 20 heavy (non-hydrogen) atoms. The van der Waals surface area contributed by atoms with Gasteiger partial charge in [0.2, 0.25) is 5.91 Å². The van der Waals surface area contributed by atoms with Crippen molar-refractivity contribution in [3.63, 3.8) is 0 Å².